The van der Waals surface area contributed by atoms with Crippen LogP contribution in [0.15, 0.2) is 107 Å². The van der Waals surface area contributed by atoms with Gasteiger partial charge >= 0.3 is 23.6 Å². The summed E-state index contributed by atoms with van der Waals surface area (Å²) in [4.78, 5) is 65.1. The van der Waals surface area contributed by atoms with Crippen LogP contribution in [0.3, 0.4) is 0 Å². The van der Waals surface area contributed by atoms with Gasteiger partial charge in [0, 0.05) is 0 Å². The number of hydrogen-bond donors (Lipinski definition) is 1. The molecule has 4 aromatic rings. The highest BCUT2D eigenvalue weighted by Gasteiger charge is 2.51. The maximum absolute atomic E-state index is 14.3. The van der Waals surface area contributed by atoms with E-state index in [1.54, 1.807) is 54.6 Å². The summed E-state index contributed by atoms with van der Waals surface area (Å²) in [5.41, 5.74) is -1.84. The van der Waals surface area contributed by atoms with Gasteiger partial charge in [-0.15, -0.1) is 0 Å². The van der Waals surface area contributed by atoms with Gasteiger partial charge in [0.2, 0.25) is 5.82 Å². The molecule has 5 rings (SSSR count). The second kappa shape index (κ2) is 12.4. The fraction of sp³-hybridized carbons (Fsp3) is 0.167. The fourth-order valence-corrected chi connectivity index (χ4v) is 4.33. The summed E-state index contributed by atoms with van der Waals surface area (Å²) in [6, 6.07) is 23.8. The van der Waals surface area contributed by atoms with Gasteiger partial charge < -0.3 is 18.9 Å². The normalized spacial score (nSPS) is 19.5. The number of nitrogens with zero attached hydrogens (tertiary/aromatic N) is 1. The van der Waals surface area contributed by atoms with E-state index in [-0.39, 0.29) is 16.7 Å². The van der Waals surface area contributed by atoms with Crippen LogP contribution in [0.4, 0.5) is 4.39 Å². The average Bonchev–Trinajstić information content (AvgIpc) is 3.34. The Morgan fingerprint density at radius 3 is 1.74 bits per heavy atom. The number of hydrogen-bond acceptors (Lipinski definition) is 9. The Balaban J connectivity index is 1.52. The first-order valence-electron chi connectivity index (χ1n) is 12.7. The average molecular weight is 575 g/mol. The van der Waals surface area contributed by atoms with Crippen LogP contribution in [0.2, 0.25) is 0 Å². The quantitative estimate of drug-likeness (QED) is 0.248. The molecule has 0 saturated carbocycles. The summed E-state index contributed by atoms with van der Waals surface area (Å²) in [5.74, 6) is -3.73. The van der Waals surface area contributed by atoms with E-state index in [9.17, 15) is 28.4 Å². The summed E-state index contributed by atoms with van der Waals surface area (Å²) < 4.78 is 37.8. The summed E-state index contributed by atoms with van der Waals surface area (Å²) in [6.07, 6.45) is -5.28. The van der Waals surface area contributed by atoms with Crippen LogP contribution < -0.4 is 11.2 Å². The molecular formula is C30H23FN2O9. The lowest BCUT2D eigenvalue weighted by Gasteiger charge is -2.25. The van der Waals surface area contributed by atoms with Gasteiger partial charge in [0.15, 0.2) is 18.4 Å². The number of nitrogens with one attached hydrogen (secondary N) is 1. The third-order valence-corrected chi connectivity index (χ3v) is 6.38. The molecule has 0 radical (unpaired) electrons. The van der Waals surface area contributed by atoms with Crippen molar-refractivity contribution in [1.29, 1.82) is 0 Å². The van der Waals surface area contributed by atoms with Crippen molar-refractivity contribution >= 4 is 17.9 Å². The molecule has 1 fully saturated rings. The van der Waals surface area contributed by atoms with E-state index in [4.69, 9.17) is 18.9 Å². The topological polar surface area (TPSA) is 143 Å². The van der Waals surface area contributed by atoms with Crippen LogP contribution >= 0.6 is 0 Å². The number of aromatic nitrogens is 2. The Hall–Kier alpha value is -5.36. The molecule has 0 amide bonds. The minimum atomic E-state index is -1.59. The van der Waals surface area contributed by atoms with Crippen LogP contribution in [-0.4, -0.2) is 52.4 Å². The second-order valence-electron chi connectivity index (χ2n) is 9.15. The zero-order valence-electron chi connectivity index (χ0n) is 21.8. The number of carbonyl (C=O) groups is 3. The lowest BCUT2D eigenvalue weighted by molar-refractivity contribution is -0.0643. The van der Waals surface area contributed by atoms with Crippen LogP contribution in [0, 0.1) is 5.82 Å². The SMILES string of the molecule is O=C(OC[C@H]1O[C@@H](n2cc(F)c(=O)[nH]c2=O)[C@H](OC(=O)c2ccccc2)[C@@H]1OC(=O)c1ccccc1)c1ccccc1. The lowest BCUT2D eigenvalue weighted by Crippen LogP contribution is -2.43. The molecule has 1 aliphatic heterocycles. The van der Waals surface area contributed by atoms with Crippen molar-refractivity contribution in [3.8, 4) is 0 Å². The third-order valence-electron chi connectivity index (χ3n) is 6.38. The van der Waals surface area contributed by atoms with Gasteiger partial charge in [0.25, 0.3) is 5.56 Å². The van der Waals surface area contributed by atoms with Gasteiger partial charge in [0.1, 0.15) is 12.7 Å². The Bertz CT molecular complexity index is 1690. The van der Waals surface area contributed by atoms with Crippen molar-refractivity contribution in [2.24, 2.45) is 0 Å². The third kappa shape index (κ3) is 6.18. The van der Waals surface area contributed by atoms with E-state index >= 15 is 0 Å². The molecule has 1 N–H and O–H groups in total. The molecule has 11 nitrogen and oxygen atoms in total. The van der Waals surface area contributed by atoms with E-state index in [1.165, 1.54) is 36.4 Å². The smallest absolute Gasteiger partial charge is 0.338 e. The molecule has 0 unspecified atom stereocenters. The minimum absolute atomic E-state index is 0.128. The molecule has 2 heterocycles. The molecule has 1 saturated heterocycles. The van der Waals surface area contributed by atoms with Crippen LogP contribution in [0.5, 0.6) is 0 Å². The highest BCUT2D eigenvalue weighted by molar-refractivity contribution is 5.91. The molecule has 0 spiro atoms. The Labute approximate surface area is 237 Å². The molecule has 42 heavy (non-hydrogen) atoms. The van der Waals surface area contributed by atoms with Crippen LogP contribution in [0.1, 0.15) is 37.3 Å². The summed E-state index contributed by atoms with van der Waals surface area (Å²) in [6.45, 7) is -0.503. The summed E-state index contributed by atoms with van der Waals surface area (Å²) in [7, 11) is 0. The molecule has 4 atom stereocenters. The number of ether oxygens (including phenoxy) is 4. The van der Waals surface area contributed by atoms with Crippen molar-refractivity contribution in [3.63, 3.8) is 0 Å². The molecule has 214 valence electrons. The molecule has 1 aromatic heterocycles. The molecule has 3 aromatic carbocycles. The Morgan fingerprint density at radius 2 is 1.21 bits per heavy atom. The number of esters is 3. The van der Waals surface area contributed by atoms with Crippen molar-refractivity contribution in [3.05, 3.63) is 141 Å². The van der Waals surface area contributed by atoms with Gasteiger partial charge in [-0.05, 0) is 36.4 Å². The van der Waals surface area contributed by atoms with Crippen LogP contribution in [0.25, 0.3) is 0 Å². The predicted molar refractivity (Wildman–Crippen MR) is 143 cm³/mol. The lowest BCUT2D eigenvalue weighted by atomic mass is 10.1. The van der Waals surface area contributed by atoms with E-state index < -0.39 is 66.1 Å². The first kappa shape index (κ1) is 28.2. The number of halogens is 1. The summed E-state index contributed by atoms with van der Waals surface area (Å²) in [5, 5.41) is 0. The first-order valence-corrected chi connectivity index (χ1v) is 12.7. The van der Waals surface area contributed by atoms with Crippen molar-refractivity contribution in [2.45, 2.75) is 24.5 Å². The number of rotatable bonds is 8. The van der Waals surface area contributed by atoms with Gasteiger partial charge in [-0.1, -0.05) is 54.6 Å². The highest BCUT2D eigenvalue weighted by Crippen LogP contribution is 2.34. The van der Waals surface area contributed by atoms with Gasteiger partial charge in [-0.25, -0.2) is 19.2 Å². The van der Waals surface area contributed by atoms with E-state index in [0.717, 1.165) is 0 Å². The largest absolute Gasteiger partial charge is 0.459 e. The van der Waals surface area contributed by atoms with Gasteiger partial charge in [-0.3, -0.25) is 14.3 Å². The maximum Gasteiger partial charge on any atom is 0.338 e. The first-order chi connectivity index (χ1) is 20.3. The zero-order chi connectivity index (χ0) is 29.6. The van der Waals surface area contributed by atoms with Crippen molar-refractivity contribution < 1.29 is 37.7 Å². The number of aromatic amines is 1. The number of benzene rings is 3. The molecule has 0 aliphatic carbocycles. The van der Waals surface area contributed by atoms with Gasteiger partial charge in [0.05, 0.1) is 22.9 Å². The van der Waals surface area contributed by atoms with Gasteiger partial charge in [-0.2, -0.15) is 4.39 Å². The molecular weight excluding hydrogens is 551 g/mol. The fourth-order valence-electron chi connectivity index (χ4n) is 4.33. The van der Waals surface area contributed by atoms with E-state index in [0.29, 0.717) is 10.8 Å². The van der Waals surface area contributed by atoms with Crippen molar-refractivity contribution in [1.82, 2.24) is 9.55 Å². The standard InChI is InChI=1S/C30H23FN2O9/c31-21-16-33(30(38)32-25(21)34)26-24(42-29(37)20-14-8-3-9-15-20)23(41-28(36)19-12-6-2-7-13-19)22(40-26)17-39-27(35)18-10-4-1-5-11-18/h1-16,22-24,26H,17H2,(H,32,34,38)/t22-,23-,24-,26-/m1/s1. The van der Waals surface area contributed by atoms with Crippen LogP contribution in [-0.2, 0) is 18.9 Å². The predicted octanol–water partition coefficient (Wildman–Crippen LogP) is 2.88. The highest BCUT2D eigenvalue weighted by atomic mass is 19.1. The van der Waals surface area contributed by atoms with Crippen molar-refractivity contribution in [2.75, 3.05) is 6.61 Å². The van der Waals surface area contributed by atoms with E-state index in [1.807, 2.05) is 4.98 Å². The maximum atomic E-state index is 14.3. The Morgan fingerprint density at radius 1 is 0.738 bits per heavy atom. The molecule has 0 bridgehead atoms. The minimum Gasteiger partial charge on any atom is -0.459 e. The number of H-pyrrole nitrogens is 1. The Kier molecular flexibility index (Phi) is 8.34. The second-order valence-corrected chi connectivity index (χ2v) is 9.15. The molecule has 1 aliphatic rings. The number of carbonyl (C=O) groups excluding carboxylic acids is 3. The summed E-state index contributed by atoms with van der Waals surface area (Å²) >= 11 is 0. The monoisotopic (exact) mass is 574 g/mol. The van der Waals surface area contributed by atoms with E-state index in [2.05, 4.69) is 0 Å². The zero-order valence-corrected chi connectivity index (χ0v) is 21.8. The molecule has 12 heteroatoms.